The molecule has 4 rings (SSSR count). The Balaban J connectivity index is 1.31. The first kappa shape index (κ1) is 13.8. The number of nitrogens with zero attached hydrogens (tertiary/aromatic N) is 2. The van der Waals surface area contributed by atoms with Gasteiger partial charge in [-0.1, -0.05) is 24.3 Å². The Morgan fingerprint density at radius 2 is 1.95 bits per heavy atom. The molecule has 5 heteroatoms. The lowest BCUT2D eigenvalue weighted by atomic mass is 9.97. The summed E-state index contributed by atoms with van der Waals surface area (Å²) in [5.41, 5.74) is 2.92. The Kier molecular flexibility index (Phi) is 3.60. The van der Waals surface area contributed by atoms with Gasteiger partial charge in [-0.2, -0.15) is 0 Å². The second kappa shape index (κ2) is 5.74. The predicted molar refractivity (Wildman–Crippen MR) is 89.3 cm³/mol. The lowest BCUT2D eigenvalue weighted by Gasteiger charge is -2.46. The van der Waals surface area contributed by atoms with Gasteiger partial charge in [-0.15, -0.1) is 11.3 Å². The summed E-state index contributed by atoms with van der Waals surface area (Å²) in [5, 5.41) is 5.84. The van der Waals surface area contributed by atoms with E-state index in [1.54, 1.807) is 11.3 Å². The molecule has 1 saturated heterocycles. The number of urea groups is 1. The maximum Gasteiger partial charge on any atom is 0.322 e. The molecule has 0 saturated carbocycles. The third kappa shape index (κ3) is 2.62. The molecule has 0 aliphatic carbocycles. The lowest BCUT2D eigenvalue weighted by Crippen LogP contribution is -2.62. The zero-order valence-corrected chi connectivity index (χ0v) is 13.2. The zero-order valence-electron chi connectivity index (χ0n) is 12.4. The van der Waals surface area contributed by atoms with Crippen molar-refractivity contribution < 1.29 is 4.79 Å². The summed E-state index contributed by atoms with van der Waals surface area (Å²) >= 11 is 1.56. The van der Waals surface area contributed by atoms with Gasteiger partial charge in [0.2, 0.25) is 0 Å². The van der Waals surface area contributed by atoms with E-state index < -0.39 is 0 Å². The Morgan fingerprint density at radius 1 is 1.14 bits per heavy atom. The normalized spacial score (nSPS) is 18.6. The average molecular weight is 313 g/mol. The minimum absolute atomic E-state index is 0.0242. The molecule has 0 atom stereocenters. The molecule has 2 aliphatic rings. The van der Waals surface area contributed by atoms with Crippen molar-refractivity contribution >= 4 is 22.4 Å². The molecule has 1 N–H and O–H groups in total. The molecule has 4 nitrogen and oxygen atoms in total. The van der Waals surface area contributed by atoms with E-state index in [1.807, 2.05) is 22.4 Å². The van der Waals surface area contributed by atoms with Crippen molar-refractivity contribution in [2.45, 2.75) is 19.0 Å². The fraction of sp³-hybridized carbons (Fsp3) is 0.353. The first-order chi connectivity index (χ1) is 10.8. The van der Waals surface area contributed by atoms with Crippen LogP contribution in [0.15, 0.2) is 41.8 Å². The number of carbonyl (C=O) groups excluding carboxylic acids is 1. The summed E-state index contributed by atoms with van der Waals surface area (Å²) in [5.74, 6) is 0. The van der Waals surface area contributed by atoms with Crippen LogP contribution in [-0.4, -0.2) is 41.5 Å². The molecule has 1 aromatic heterocycles. The number of hydrogen-bond donors (Lipinski definition) is 1. The molecule has 2 amide bonds. The van der Waals surface area contributed by atoms with E-state index in [9.17, 15) is 4.79 Å². The first-order valence-electron chi connectivity index (χ1n) is 7.70. The molecular weight excluding hydrogens is 294 g/mol. The average Bonchev–Trinajstić information content (AvgIpc) is 2.98. The summed E-state index contributed by atoms with van der Waals surface area (Å²) in [4.78, 5) is 16.5. The van der Waals surface area contributed by atoms with Crippen LogP contribution in [0, 0.1) is 0 Å². The van der Waals surface area contributed by atoms with Crippen molar-refractivity contribution in [3.8, 4) is 0 Å². The van der Waals surface area contributed by atoms with Crippen molar-refractivity contribution in [2.75, 3.05) is 25.0 Å². The Hall–Kier alpha value is -1.85. The summed E-state index contributed by atoms with van der Waals surface area (Å²) in [6.45, 7) is 3.78. The number of benzene rings is 1. The molecule has 0 unspecified atom stereocenters. The number of anilines is 1. The van der Waals surface area contributed by atoms with Gasteiger partial charge in [0.1, 0.15) is 0 Å². The molecule has 0 radical (unpaired) electrons. The molecule has 114 valence electrons. The highest BCUT2D eigenvalue weighted by Gasteiger charge is 2.36. The maximum absolute atomic E-state index is 12.1. The first-order valence-corrected chi connectivity index (χ1v) is 8.58. The SMILES string of the molecule is O=C(Nc1cccs1)N1CC(N2CCc3ccccc3C2)C1. The predicted octanol–water partition coefficient (Wildman–Crippen LogP) is 3.02. The van der Waals surface area contributed by atoms with Crippen LogP contribution in [0.5, 0.6) is 0 Å². The van der Waals surface area contributed by atoms with Gasteiger partial charge in [0.05, 0.1) is 5.00 Å². The molecule has 0 bridgehead atoms. The Labute approximate surface area is 134 Å². The van der Waals surface area contributed by atoms with Gasteiger partial charge >= 0.3 is 6.03 Å². The van der Waals surface area contributed by atoms with Gasteiger partial charge in [-0.3, -0.25) is 10.2 Å². The molecule has 3 heterocycles. The van der Waals surface area contributed by atoms with E-state index in [0.717, 1.165) is 37.6 Å². The third-order valence-corrected chi connectivity index (χ3v) is 5.36. The van der Waals surface area contributed by atoms with Crippen LogP contribution in [-0.2, 0) is 13.0 Å². The smallest absolute Gasteiger partial charge is 0.321 e. The summed E-state index contributed by atoms with van der Waals surface area (Å²) in [6.07, 6.45) is 1.12. The van der Waals surface area contributed by atoms with Crippen LogP contribution < -0.4 is 5.32 Å². The number of nitrogens with one attached hydrogen (secondary N) is 1. The van der Waals surface area contributed by atoms with Gasteiger partial charge in [0.25, 0.3) is 0 Å². The highest BCUT2D eigenvalue weighted by molar-refractivity contribution is 7.14. The Bertz CT molecular complexity index is 664. The number of fused-ring (bicyclic) bond motifs is 1. The van der Waals surface area contributed by atoms with E-state index >= 15 is 0 Å². The zero-order chi connectivity index (χ0) is 14.9. The van der Waals surface area contributed by atoms with Crippen LogP contribution in [0.2, 0.25) is 0 Å². The third-order valence-electron chi connectivity index (χ3n) is 4.58. The second-order valence-corrected chi connectivity index (χ2v) is 6.90. The van der Waals surface area contributed by atoms with E-state index in [2.05, 4.69) is 34.5 Å². The second-order valence-electron chi connectivity index (χ2n) is 5.96. The van der Waals surface area contributed by atoms with Crippen molar-refractivity contribution in [3.63, 3.8) is 0 Å². The van der Waals surface area contributed by atoms with Crippen molar-refractivity contribution in [2.24, 2.45) is 0 Å². The number of amides is 2. The number of rotatable bonds is 2. The van der Waals surface area contributed by atoms with E-state index in [1.165, 1.54) is 11.1 Å². The number of carbonyl (C=O) groups is 1. The number of hydrogen-bond acceptors (Lipinski definition) is 3. The number of likely N-dealkylation sites (tertiary alicyclic amines) is 1. The fourth-order valence-electron chi connectivity index (χ4n) is 3.22. The largest absolute Gasteiger partial charge is 0.322 e. The van der Waals surface area contributed by atoms with Crippen LogP contribution >= 0.6 is 11.3 Å². The molecule has 1 aromatic carbocycles. The monoisotopic (exact) mass is 313 g/mol. The van der Waals surface area contributed by atoms with Crippen LogP contribution in [0.3, 0.4) is 0 Å². The van der Waals surface area contributed by atoms with Gasteiger partial charge in [-0.25, -0.2) is 4.79 Å². The minimum Gasteiger partial charge on any atom is -0.321 e. The van der Waals surface area contributed by atoms with Crippen LogP contribution in [0.4, 0.5) is 9.80 Å². The highest BCUT2D eigenvalue weighted by atomic mass is 32.1. The van der Waals surface area contributed by atoms with Crippen molar-refractivity contribution in [1.29, 1.82) is 0 Å². The molecule has 22 heavy (non-hydrogen) atoms. The highest BCUT2D eigenvalue weighted by Crippen LogP contribution is 2.25. The number of thiophene rings is 1. The molecule has 0 spiro atoms. The Morgan fingerprint density at radius 3 is 2.73 bits per heavy atom. The van der Waals surface area contributed by atoms with Crippen molar-refractivity contribution in [1.82, 2.24) is 9.80 Å². The molecule has 1 fully saturated rings. The van der Waals surface area contributed by atoms with Gasteiger partial charge in [0.15, 0.2) is 0 Å². The van der Waals surface area contributed by atoms with Crippen LogP contribution in [0.1, 0.15) is 11.1 Å². The molecule has 2 aliphatic heterocycles. The molecule has 2 aromatic rings. The molecular formula is C17H19N3OS. The summed E-state index contributed by atoms with van der Waals surface area (Å²) in [7, 11) is 0. The summed E-state index contributed by atoms with van der Waals surface area (Å²) < 4.78 is 0. The van der Waals surface area contributed by atoms with E-state index in [-0.39, 0.29) is 6.03 Å². The topological polar surface area (TPSA) is 35.6 Å². The van der Waals surface area contributed by atoms with Gasteiger partial charge < -0.3 is 4.90 Å². The van der Waals surface area contributed by atoms with Crippen molar-refractivity contribution in [3.05, 3.63) is 52.9 Å². The van der Waals surface area contributed by atoms with Gasteiger partial charge in [0, 0.05) is 32.2 Å². The summed E-state index contributed by atoms with van der Waals surface area (Å²) in [6, 6.07) is 13.1. The van der Waals surface area contributed by atoms with Gasteiger partial charge in [-0.05, 0) is 35.1 Å². The maximum atomic E-state index is 12.1. The van der Waals surface area contributed by atoms with E-state index in [4.69, 9.17) is 0 Å². The lowest BCUT2D eigenvalue weighted by molar-refractivity contribution is 0.0528. The van der Waals surface area contributed by atoms with Crippen LogP contribution in [0.25, 0.3) is 0 Å². The minimum atomic E-state index is 0.0242. The van der Waals surface area contributed by atoms with E-state index in [0.29, 0.717) is 6.04 Å². The quantitative estimate of drug-likeness (QED) is 0.925. The standard InChI is InChI=1S/C17H19N3OS/c21-17(18-16-6-3-9-22-16)20-11-15(12-20)19-8-7-13-4-1-2-5-14(13)10-19/h1-6,9,15H,7-8,10-12H2,(H,18,21). The fourth-order valence-corrected chi connectivity index (χ4v) is 3.82.